The summed E-state index contributed by atoms with van der Waals surface area (Å²) in [4.78, 5) is 0. The molecule has 15 heavy (non-hydrogen) atoms. The molecule has 0 fully saturated rings. The van der Waals surface area contributed by atoms with E-state index in [0.717, 1.165) is 6.26 Å². The van der Waals surface area contributed by atoms with E-state index in [9.17, 15) is 16.8 Å². The summed E-state index contributed by atoms with van der Waals surface area (Å²) >= 11 is 0. The van der Waals surface area contributed by atoms with Crippen molar-refractivity contribution < 1.29 is 21.9 Å². The van der Waals surface area contributed by atoms with Crippen LogP contribution >= 0.6 is 0 Å². The van der Waals surface area contributed by atoms with Crippen LogP contribution in [0.5, 0.6) is 0 Å². The first kappa shape index (κ1) is 14.8. The summed E-state index contributed by atoms with van der Waals surface area (Å²) in [6.45, 7) is 1.74. The zero-order valence-electron chi connectivity index (χ0n) is 8.80. The van der Waals surface area contributed by atoms with Crippen LogP contribution in [0.25, 0.3) is 0 Å². The third kappa shape index (κ3) is 10.1. The number of nitrogens with one attached hydrogen (secondary N) is 1. The van der Waals surface area contributed by atoms with Crippen LogP contribution in [-0.4, -0.2) is 45.9 Å². The molecule has 0 bridgehead atoms. The lowest BCUT2D eigenvalue weighted by molar-refractivity contribution is 0.182. The summed E-state index contributed by atoms with van der Waals surface area (Å²) in [6.07, 6.45) is 1.33. The minimum atomic E-state index is -3.76. The monoisotopic (exact) mass is 259 g/mol. The molecule has 0 amide bonds. The Labute approximate surface area is 90.7 Å². The third-order valence-electron chi connectivity index (χ3n) is 1.49. The molecular formula is C7H17NO5S2. The van der Waals surface area contributed by atoms with Gasteiger partial charge in [0.25, 0.3) is 0 Å². The number of hydrogen-bond acceptors (Lipinski definition) is 5. The molecule has 2 N–H and O–H groups in total. The highest BCUT2D eigenvalue weighted by molar-refractivity contribution is 8.06. The van der Waals surface area contributed by atoms with Gasteiger partial charge in [-0.2, -0.15) is 0 Å². The van der Waals surface area contributed by atoms with Gasteiger partial charge in [0.1, 0.15) is 0 Å². The van der Waals surface area contributed by atoms with Gasteiger partial charge in [-0.3, -0.25) is 0 Å². The van der Waals surface area contributed by atoms with Crippen molar-refractivity contribution in [2.24, 2.45) is 0 Å². The zero-order valence-corrected chi connectivity index (χ0v) is 10.4. The summed E-state index contributed by atoms with van der Waals surface area (Å²) < 4.78 is 45.9. The Morgan fingerprint density at radius 1 is 1.27 bits per heavy atom. The van der Waals surface area contributed by atoms with Crippen molar-refractivity contribution in [3.05, 3.63) is 0 Å². The van der Waals surface area contributed by atoms with Crippen molar-refractivity contribution >= 4 is 19.9 Å². The van der Waals surface area contributed by atoms with Gasteiger partial charge in [-0.15, -0.1) is 0 Å². The quantitative estimate of drug-likeness (QED) is 0.575. The topological polar surface area (TPSA) is 101 Å². The van der Waals surface area contributed by atoms with Gasteiger partial charge in [-0.05, 0) is 19.8 Å². The number of sulfonamides is 1. The van der Waals surface area contributed by atoms with Crippen LogP contribution in [0.2, 0.25) is 0 Å². The highest BCUT2D eigenvalue weighted by Crippen LogP contribution is 1.96. The molecule has 0 saturated heterocycles. The number of aliphatic hydroxyl groups is 1. The molecule has 0 aromatic carbocycles. The standard InChI is InChI=1S/C7H17NO5S2/c1-7(9)4-3-5-8-15(12,13)6-14(2,10)11/h7-9H,3-6H2,1-2H3. The fourth-order valence-corrected chi connectivity index (χ4v) is 3.99. The Hall–Kier alpha value is -0.180. The van der Waals surface area contributed by atoms with E-state index in [2.05, 4.69) is 4.72 Å². The number of sulfone groups is 1. The number of rotatable bonds is 7. The Morgan fingerprint density at radius 3 is 2.20 bits per heavy atom. The van der Waals surface area contributed by atoms with E-state index in [0.29, 0.717) is 12.8 Å². The van der Waals surface area contributed by atoms with Gasteiger partial charge in [0, 0.05) is 12.8 Å². The fourth-order valence-electron chi connectivity index (χ4n) is 0.949. The molecule has 0 rings (SSSR count). The SMILES string of the molecule is CC(O)CCCNS(=O)(=O)CS(C)(=O)=O. The molecule has 0 aromatic rings. The molecule has 8 heteroatoms. The fraction of sp³-hybridized carbons (Fsp3) is 1.00. The van der Waals surface area contributed by atoms with Crippen molar-refractivity contribution in [3.63, 3.8) is 0 Å². The summed E-state index contributed by atoms with van der Waals surface area (Å²) in [6, 6.07) is 0. The van der Waals surface area contributed by atoms with Crippen molar-refractivity contribution in [1.29, 1.82) is 0 Å². The molecule has 0 radical (unpaired) electrons. The van der Waals surface area contributed by atoms with Crippen LogP contribution in [0.4, 0.5) is 0 Å². The third-order valence-corrected chi connectivity index (χ3v) is 5.09. The van der Waals surface area contributed by atoms with E-state index in [-0.39, 0.29) is 6.54 Å². The van der Waals surface area contributed by atoms with E-state index in [1.807, 2.05) is 0 Å². The summed E-state index contributed by atoms with van der Waals surface area (Å²) in [5, 5.41) is 8.00. The maximum absolute atomic E-state index is 11.1. The van der Waals surface area contributed by atoms with E-state index < -0.39 is 31.0 Å². The van der Waals surface area contributed by atoms with Gasteiger partial charge in [0.15, 0.2) is 14.9 Å². The van der Waals surface area contributed by atoms with Crippen molar-refractivity contribution in [3.8, 4) is 0 Å². The van der Waals surface area contributed by atoms with Crippen LogP contribution in [0.3, 0.4) is 0 Å². The molecule has 0 saturated carbocycles. The van der Waals surface area contributed by atoms with Gasteiger partial charge in [0.2, 0.25) is 10.0 Å². The summed E-state index contributed by atoms with van der Waals surface area (Å²) in [5.74, 6) is 0. The Morgan fingerprint density at radius 2 is 1.80 bits per heavy atom. The van der Waals surface area contributed by atoms with Crippen molar-refractivity contribution in [2.75, 3.05) is 17.9 Å². The second-order valence-corrected chi connectivity index (χ2v) is 7.86. The average Bonchev–Trinajstić information content (AvgIpc) is 1.93. The molecule has 0 aliphatic carbocycles. The lowest BCUT2D eigenvalue weighted by Gasteiger charge is -2.06. The van der Waals surface area contributed by atoms with Gasteiger partial charge < -0.3 is 5.11 Å². The normalized spacial score (nSPS) is 15.1. The molecule has 0 aromatic heterocycles. The van der Waals surface area contributed by atoms with Gasteiger partial charge >= 0.3 is 0 Å². The highest BCUT2D eigenvalue weighted by atomic mass is 32.3. The van der Waals surface area contributed by atoms with E-state index in [1.165, 1.54) is 0 Å². The van der Waals surface area contributed by atoms with E-state index >= 15 is 0 Å². The van der Waals surface area contributed by atoms with Gasteiger partial charge in [0.05, 0.1) is 6.10 Å². The Kier molecular flexibility index (Phi) is 5.71. The molecule has 6 nitrogen and oxygen atoms in total. The summed E-state index contributed by atoms with van der Waals surface area (Å²) in [5.41, 5.74) is 0. The predicted molar refractivity (Wildman–Crippen MR) is 57.5 cm³/mol. The zero-order chi connectivity index (χ0) is 12.1. The second-order valence-electron chi connectivity index (χ2n) is 3.54. The van der Waals surface area contributed by atoms with Crippen LogP contribution in [0, 0.1) is 0 Å². The maximum Gasteiger partial charge on any atom is 0.226 e. The average molecular weight is 259 g/mol. The molecular weight excluding hydrogens is 242 g/mol. The Balaban J connectivity index is 3.97. The first-order valence-corrected chi connectivity index (χ1v) is 8.17. The maximum atomic E-state index is 11.1. The lowest BCUT2D eigenvalue weighted by atomic mass is 10.2. The molecule has 1 unspecified atom stereocenters. The smallest absolute Gasteiger partial charge is 0.226 e. The molecule has 92 valence electrons. The van der Waals surface area contributed by atoms with Crippen LogP contribution in [0.15, 0.2) is 0 Å². The predicted octanol–water partition coefficient (Wildman–Crippen LogP) is -0.931. The molecule has 0 aliphatic rings. The number of hydrogen-bond donors (Lipinski definition) is 2. The number of aliphatic hydroxyl groups excluding tert-OH is 1. The van der Waals surface area contributed by atoms with Crippen molar-refractivity contribution in [2.45, 2.75) is 25.9 Å². The summed E-state index contributed by atoms with van der Waals surface area (Å²) in [7, 11) is -7.29. The lowest BCUT2D eigenvalue weighted by Crippen LogP contribution is -2.30. The Bertz CT molecular complexity index is 370. The molecule has 0 heterocycles. The van der Waals surface area contributed by atoms with Crippen LogP contribution in [0.1, 0.15) is 19.8 Å². The minimum absolute atomic E-state index is 0.142. The molecule has 0 spiro atoms. The largest absolute Gasteiger partial charge is 0.393 e. The van der Waals surface area contributed by atoms with E-state index in [1.54, 1.807) is 6.92 Å². The minimum Gasteiger partial charge on any atom is -0.393 e. The highest BCUT2D eigenvalue weighted by Gasteiger charge is 2.16. The first-order valence-electron chi connectivity index (χ1n) is 4.45. The van der Waals surface area contributed by atoms with Gasteiger partial charge in [-0.1, -0.05) is 0 Å². The van der Waals surface area contributed by atoms with Crippen molar-refractivity contribution in [1.82, 2.24) is 4.72 Å². The van der Waals surface area contributed by atoms with E-state index in [4.69, 9.17) is 5.11 Å². The first-order chi connectivity index (χ1) is 6.62. The van der Waals surface area contributed by atoms with Gasteiger partial charge in [-0.25, -0.2) is 21.6 Å². The second kappa shape index (κ2) is 5.78. The molecule has 1 atom stereocenters. The van der Waals surface area contributed by atoms with Crippen LogP contribution < -0.4 is 4.72 Å². The molecule has 0 aliphatic heterocycles. The van der Waals surface area contributed by atoms with Crippen LogP contribution in [-0.2, 0) is 19.9 Å².